The number of amides is 1. The Labute approximate surface area is 131 Å². The van der Waals surface area contributed by atoms with Crippen molar-refractivity contribution in [2.45, 2.75) is 37.8 Å². The highest BCUT2D eigenvalue weighted by molar-refractivity contribution is 5.79. The number of carbonyl (C=O) groups excluding carboxylic acids is 1. The molecule has 1 aliphatic heterocycles. The summed E-state index contributed by atoms with van der Waals surface area (Å²) in [6.07, 6.45) is 3.70. The zero-order valence-corrected chi connectivity index (χ0v) is 13.1. The molecule has 22 heavy (non-hydrogen) atoms. The highest BCUT2D eigenvalue weighted by atomic mass is 16.5. The van der Waals surface area contributed by atoms with E-state index < -0.39 is 0 Å². The summed E-state index contributed by atoms with van der Waals surface area (Å²) >= 11 is 0. The van der Waals surface area contributed by atoms with Crippen molar-refractivity contribution >= 4 is 11.6 Å². The number of ether oxygens (including phenoxy) is 1. The first-order chi connectivity index (χ1) is 10.7. The van der Waals surface area contributed by atoms with E-state index in [1.165, 1.54) is 0 Å². The smallest absolute Gasteiger partial charge is 0.223 e. The number of hydrogen-bond acceptors (Lipinski definition) is 4. The molecule has 1 aromatic rings. The van der Waals surface area contributed by atoms with E-state index in [0.717, 1.165) is 50.2 Å². The van der Waals surface area contributed by atoms with Gasteiger partial charge in [-0.3, -0.25) is 4.79 Å². The van der Waals surface area contributed by atoms with Crippen LogP contribution in [0, 0.1) is 5.92 Å². The Bertz CT molecular complexity index is 534. The lowest BCUT2D eigenvalue weighted by atomic mass is 10.1. The Hall–Kier alpha value is -1.75. The third-order valence-electron chi connectivity index (χ3n) is 4.80. The Kier molecular flexibility index (Phi) is 4.52. The van der Waals surface area contributed by atoms with Gasteiger partial charge in [0.25, 0.3) is 0 Å². The molecule has 0 radical (unpaired) electrons. The van der Waals surface area contributed by atoms with E-state index in [0.29, 0.717) is 0 Å². The number of anilines is 1. The minimum atomic E-state index is 0.107. The Balaban J connectivity index is 1.57. The zero-order valence-electron chi connectivity index (χ0n) is 13.1. The Morgan fingerprint density at radius 1 is 1.32 bits per heavy atom. The molecule has 3 N–H and O–H groups in total. The fraction of sp³-hybridized carbons (Fsp3) is 0.588. The molecule has 3 atom stereocenters. The molecule has 1 aromatic carbocycles. The molecule has 120 valence electrons. The van der Waals surface area contributed by atoms with Crippen LogP contribution in [0.15, 0.2) is 24.3 Å². The number of nitrogens with zero attached hydrogens (tertiary/aromatic N) is 1. The standard InChI is InChI=1S/C17H25N3O2/c1-22-16-5-3-2-4-15(16)20-9-8-14(11-20)19-17(21)12-6-7-13(18)10-12/h2-5,12-14H,6-11,18H2,1H3,(H,19,21). The van der Waals surface area contributed by atoms with Crippen molar-refractivity contribution in [3.05, 3.63) is 24.3 Å². The van der Waals surface area contributed by atoms with Crippen LogP contribution >= 0.6 is 0 Å². The van der Waals surface area contributed by atoms with Gasteiger partial charge in [-0.15, -0.1) is 0 Å². The van der Waals surface area contributed by atoms with Gasteiger partial charge in [-0.1, -0.05) is 12.1 Å². The topological polar surface area (TPSA) is 67.6 Å². The summed E-state index contributed by atoms with van der Waals surface area (Å²) in [7, 11) is 1.69. The molecule has 0 spiro atoms. The summed E-state index contributed by atoms with van der Waals surface area (Å²) in [6.45, 7) is 1.78. The van der Waals surface area contributed by atoms with Crippen LogP contribution in [0.4, 0.5) is 5.69 Å². The second-order valence-electron chi connectivity index (χ2n) is 6.38. The van der Waals surface area contributed by atoms with Gasteiger partial charge >= 0.3 is 0 Å². The van der Waals surface area contributed by atoms with Gasteiger partial charge in [0.1, 0.15) is 5.75 Å². The molecular formula is C17H25N3O2. The van der Waals surface area contributed by atoms with Crippen molar-refractivity contribution in [1.29, 1.82) is 0 Å². The molecule has 2 fully saturated rings. The molecular weight excluding hydrogens is 278 g/mol. The first-order valence-corrected chi connectivity index (χ1v) is 8.11. The van der Waals surface area contributed by atoms with Crippen molar-refractivity contribution < 1.29 is 9.53 Å². The SMILES string of the molecule is COc1ccccc1N1CCC(NC(=O)C2CCC(N)C2)C1. The lowest BCUT2D eigenvalue weighted by molar-refractivity contribution is -0.125. The second-order valence-corrected chi connectivity index (χ2v) is 6.38. The van der Waals surface area contributed by atoms with Crippen LogP contribution in [0.2, 0.25) is 0 Å². The monoisotopic (exact) mass is 303 g/mol. The van der Waals surface area contributed by atoms with Crippen LogP contribution in [0.3, 0.4) is 0 Å². The van der Waals surface area contributed by atoms with Gasteiger partial charge in [0.15, 0.2) is 0 Å². The van der Waals surface area contributed by atoms with Gasteiger partial charge < -0.3 is 20.7 Å². The van der Waals surface area contributed by atoms with Crippen molar-refractivity contribution in [2.75, 3.05) is 25.1 Å². The highest BCUT2D eigenvalue weighted by Crippen LogP contribution is 2.30. The largest absolute Gasteiger partial charge is 0.495 e. The zero-order chi connectivity index (χ0) is 15.5. The minimum Gasteiger partial charge on any atom is -0.495 e. The van der Waals surface area contributed by atoms with Crippen molar-refractivity contribution in [1.82, 2.24) is 5.32 Å². The third-order valence-corrected chi connectivity index (χ3v) is 4.80. The molecule has 0 aromatic heterocycles. The second kappa shape index (κ2) is 6.57. The summed E-state index contributed by atoms with van der Waals surface area (Å²) in [6, 6.07) is 8.45. The quantitative estimate of drug-likeness (QED) is 0.885. The number of nitrogens with one attached hydrogen (secondary N) is 1. The van der Waals surface area contributed by atoms with Crippen LogP contribution < -0.4 is 20.7 Å². The fourth-order valence-electron chi connectivity index (χ4n) is 3.56. The molecule has 1 heterocycles. The average Bonchev–Trinajstić information content (AvgIpc) is 3.16. The molecule has 1 saturated heterocycles. The number of para-hydroxylation sites is 2. The molecule has 5 heteroatoms. The van der Waals surface area contributed by atoms with E-state index in [4.69, 9.17) is 10.5 Å². The van der Waals surface area contributed by atoms with E-state index in [-0.39, 0.29) is 23.9 Å². The highest BCUT2D eigenvalue weighted by Gasteiger charge is 2.31. The maximum atomic E-state index is 12.3. The summed E-state index contributed by atoms with van der Waals surface area (Å²) in [5.41, 5.74) is 7.00. The lowest BCUT2D eigenvalue weighted by Gasteiger charge is -2.22. The van der Waals surface area contributed by atoms with Gasteiger partial charge in [0.2, 0.25) is 5.91 Å². The number of rotatable bonds is 4. The summed E-state index contributed by atoms with van der Waals surface area (Å²) in [5, 5.41) is 3.20. The van der Waals surface area contributed by atoms with Crippen LogP contribution in [0.5, 0.6) is 5.75 Å². The van der Waals surface area contributed by atoms with E-state index in [2.05, 4.69) is 16.3 Å². The molecule has 3 unspecified atom stereocenters. The molecule has 3 rings (SSSR count). The predicted molar refractivity (Wildman–Crippen MR) is 87.1 cm³/mol. The number of benzene rings is 1. The number of hydrogen-bond donors (Lipinski definition) is 2. The summed E-state index contributed by atoms with van der Waals surface area (Å²) in [5.74, 6) is 1.17. The van der Waals surface area contributed by atoms with E-state index in [1.807, 2.05) is 18.2 Å². The first kappa shape index (κ1) is 15.2. The van der Waals surface area contributed by atoms with Gasteiger partial charge in [-0.25, -0.2) is 0 Å². The maximum absolute atomic E-state index is 12.3. The first-order valence-electron chi connectivity index (χ1n) is 8.11. The molecule has 1 aliphatic carbocycles. The number of carbonyl (C=O) groups is 1. The van der Waals surface area contributed by atoms with Crippen molar-refractivity contribution in [3.8, 4) is 5.75 Å². The van der Waals surface area contributed by atoms with Gasteiger partial charge in [-0.05, 0) is 37.8 Å². The Morgan fingerprint density at radius 3 is 2.86 bits per heavy atom. The molecule has 0 bridgehead atoms. The predicted octanol–water partition coefficient (Wildman–Crippen LogP) is 1.52. The van der Waals surface area contributed by atoms with Crippen molar-refractivity contribution in [2.24, 2.45) is 11.7 Å². The molecule has 1 amide bonds. The van der Waals surface area contributed by atoms with Crippen LogP contribution in [0.1, 0.15) is 25.7 Å². The van der Waals surface area contributed by atoms with E-state index in [9.17, 15) is 4.79 Å². The normalized spacial score (nSPS) is 27.9. The summed E-state index contributed by atoms with van der Waals surface area (Å²) in [4.78, 5) is 14.6. The average molecular weight is 303 g/mol. The number of nitrogens with two attached hydrogens (primary N) is 1. The molecule has 2 aliphatic rings. The fourth-order valence-corrected chi connectivity index (χ4v) is 3.56. The van der Waals surface area contributed by atoms with Gasteiger partial charge in [-0.2, -0.15) is 0 Å². The maximum Gasteiger partial charge on any atom is 0.223 e. The molecule has 1 saturated carbocycles. The van der Waals surface area contributed by atoms with Crippen LogP contribution in [-0.2, 0) is 4.79 Å². The van der Waals surface area contributed by atoms with E-state index in [1.54, 1.807) is 7.11 Å². The van der Waals surface area contributed by atoms with E-state index >= 15 is 0 Å². The van der Waals surface area contributed by atoms with Crippen LogP contribution in [0.25, 0.3) is 0 Å². The minimum absolute atomic E-state index is 0.107. The number of methoxy groups -OCH3 is 1. The summed E-state index contributed by atoms with van der Waals surface area (Å²) < 4.78 is 5.42. The van der Waals surface area contributed by atoms with Crippen molar-refractivity contribution in [3.63, 3.8) is 0 Å². The third kappa shape index (κ3) is 3.19. The van der Waals surface area contributed by atoms with Gasteiger partial charge in [0.05, 0.1) is 12.8 Å². The lowest BCUT2D eigenvalue weighted by Crippen LogP contribution is -2.40. The van der Waals surface area contributed by atoms with Crippen LogP contribution in [-0.4, -0.2) is 38.2 Å². The Morgan fingerprint density at radius 2 is 2.14 bits per heavy atom. The molecule has 5 nitrogen and oxygen atoms in total. The van der Waals surface area contributed by atoms with Gasteiger partial charge in [0, 0.05) is 31.1 Å².